The van der Waals surface area contributed by atoms with Crippen molar-refractivity contribution in [3.63, 3.8) is 0 Å². The van der Waals surface area contributed by atoms with E-state index in [9.17, 15) is 8.78 Å². The standard InChI is InChI=1S/C22H19ClF2/c1-2-13-4-8-17-18(9-5-14-3-7-16(24)12-19(14)17)22(13)15-6-10-20(23)21(25)11-15/h3,5-7,9-13,22H,2,4,8H2,1H3/t13-,22-/m1/s1. The quantitative estimate of drug-likeness (QED) is 0.469. The Labute approximate surface area is 151 Å². The zero-order valence-electron chi connectivity index (χ0n) is 14.0. The van der Waals surface area contributed by atoms with Gasteiger partial charge in [-0.15, -0.1) is 0 Å². The van der Waals surface area contributed by atoms with E-state index in [2.05, 4.69) is 13.0 Å². The lowest BCUT2D eigenvalue weighted by molar-refractivity contribution is 0.398. The lowest BCUT2D eigenvalue weighted by Crippen LogP contribution is -2.21. The van der Waals surface area contributed by atoms with E-state index in [4.69, 9.17) is 11.6 Å². The van der Waals surface area contributed by atoms with E-state index in [-0.39, 0.29) is 22.6 Å². The topological polar surface area (TPSA) is 0 Å². The van der Waals surface area contributed by atoms with Gasteiger partial charge in [-0.2, -0.15) is 0 Å². The lowest BCUT2D eigenvalue weighted by atomic mass is 9.70. The minimum atomic E-state index is -0.382. The first-order chi connectivity index (χ1) is 12.1. The number of hydrogen-bond acceptors (Lipinski definition) is 0. The Bertz CT molecular complexity index is 948. The van der Waals surface area contributed by atoms with Crippen molar-refractivity contribution in [2.45, 2.75) is 32.1 Å². The summed E-state index contributed by atoms with van der Waals surface area (Å²) < 4.78 is 27.9. The molecule has 0 nitrogen and oxygen atoms in total. The second-order valence-corrected chi connectivity index (χ2v) is 7.26. The van der Waals surface area contributed by atoms with E-state index in [1.54, 1.807) is 18.2 Å². The second-order valence-electron chi connectivity index (χ2n) is 6.86. The molecule has 25 heavy (non-hydrogen) atoms. The third-order valence-corrected chi connectivity index (χ3v) is 5.84. The maximum atomic E-state index is 14.1. The summed E-state index contributed by atoms with van der Waals surface area (Å²) in [5.41, 5.74) is 3.34. The van der Waals surface area contributed by atoms with Gasteiger partial charge in [-0.25, -0.2) is 8.78 Å². The minimum absolute atomic E-state index is 0.119. The van der Waals surface area contributed by atoms with Crippen molar-refractivity contribution in [1.29, 1.82) is 0 Å². The summed E-state index contributed by atoms with van der Waals surface area (Å²) in [4.78, 5) is 0. The number of benzene rings is 3. The minimum Gasteiger partial charge on any atom is -0.207 e. The first-order valence-electron chi connectivity index (χ1n) is 8.74. The van der Waals surface area contributed by atoms with Crippen molar-refractivity contribution in [2.75, 3.05) is 0 Å². The Morgan fingerprint density at radius 2 is 1.84 bits per heavy atom. The Hall–Kier alpha value is -1.93. The molecule has 0 saturated carbocycles. The van der Waals surface area contributed by atoms with Crippen LogP contribution in [0.3, 0.4) is 0 Å². The predicted octanol–water partition coefficient (Wildman–Crippen LogP) is 6.88. The third-order valence-electron chi connectivity index (χ3n) is 5.53. The molecule has 2 atom stereocenters. The first kappa shape index (κ1) is 16.5. The molecule has 3 aromatic carbocycles. The summed E-state index contributed by atoms with van der Waals surface area (Å²) in [7, 11) is 0. The zero-order valence-corrected chi connectivity index (χ0v) is 14.8. The zero-order chi connectivity index (χ0) is 17.6. The van der Waals surface area contributed by atoms with Gasteiger partial charge in [-0.05, 0) is 70.5 Å². The molecular formula is C22H19ClF2. The van der Waals surface area contributed by atoms with E-state index >= 15 is 0 Å². The molecule has 128 valence electrons. The Morgan fingerprint density at radius 1 is 1.04 bits per heavy atom. The molecule has 3 heteroatoms. The van der Waals surface area contributed by atoms with Crippen molar-refractivity contribution < 1.29 is 8.78 Å². The summed E-state index contributed by atoms with van der Waals surface area (Å²) in [6.45, 7) is 2.18. The van der Waals surface area contributed by atoms with E-state index in [0.717, 1.165) is 35.6 Å². The molecule has 0 unspecified atom stereocenters. The third kappa shape index (κ3) is 2.83. The van der Waals surface area contributed by atoms with Crippen LogP contribution in [0.2, 0.25) is 5.02 Å². The number of fused-ring (bicyclic) bond motifs is 3. The van der Waals surface area contributed by atoms with Crippen LogP contribution >= 0.6 is 11.6 Å². The number of halogens is 3. The molecular weight excluding hydrogens is 338 g/mol. The van der Waals surface area contributed by atoms with E-state index in [1.165, 1.54) is 17.2 Å². The predicted molar refractivity (Wildman–Crippen MR) is 99.3 cm³/mol. The summed E-state index contributed by atoms with van der Waals surface area (Å²) in [6.07, 6.45) is 2.98. The van der Waals surface area contributed by atoms with Gasteiger partial charge in [0.15, 0.2) is 0 Å². The van der Waals surface area contributed by atoms with Gasteiger partial charge in [-0.3, -0.25) is 0 Å². The molecule has 0 amide bonds. The van der Waals surface area contributed by atoms with Crippen LogP contribution in [0.15, 0.2) is 48.5 Å². The summed E-state index contributed by atoms with van der Waals surface area (Å²) in [6, 6.07) is 14.2. The fraction of sp³-hybridized carbons (Fsp3) is 0.273. The van der Waals surface area contributed by atoms with Gasteiger partial charge >= 0.3 is 0 Å². The fourth-order valence-electron chi connectivity index (χ4n) is 4.29. The fourth-order valence-corrected chi connectivity index (χ4v) is 4.41. The largest absolute Gasteiger partial charge is 0.207 e. The maximum Gasteiger partial charge on any atom is 0.142 e. The highest BCUT2D eigenvalue weighted by molar-refractivity contribution is 6.30. The average Bonchev–Trinajstić information content (AvgIpc) is 2.62. The number of hydrogen-bond donors (Lipinski definition) is 0. The van der Waals surface area contributed by atoms with Crippen LogP contribution in [0.5, 0.6) is 0 Å². The molecule has 0 heterocycles. The molecule has 0 aromatic heterocycles. The van der Waals surface area contributed by atoms with E-state index in [0.29, 0.717) is 5.92 Å². The molecule has 1 aliphatic carbocycles. The van der Waals surface area contributed by atoms with Crippen LogP contribution in [0.1, 0.15) is 42.4 Å². The van der Waals surface area contributed by atoms with Crippen LogP contribution in [0.25, 0.3) is 10.8 Å². The van der Waals surface area contributed by atoms with Crippen LogP contribution < -0.4 is 0 Å². The summed E-state index contributed by atoms with van der Waals surface area (Å²) >= 11 is 5.87. The second kappa shape index (κ2) is 6.42. The number of rotatable bonds is 2. The van der Waals surface area contributed by atoms with Gasteiger partial charge in [0.25, 0.3) is 0 Å². The molecule has 0 saturated heterocycles. The van der Waals surface area contributed by atoms with Crippen LogP contribution in [-0.4, -0.2) is 0 Å². The molecule has 0 radical (unpaired) electrons. The molecule has 3 aromatic rings. The van der Waals surface area contributed by atoms with E-state index in [1.807, 2.05) is 18.2 Å². The van der Waals surface area contributed by atoms with E-state index < -0.39 is 0 Å². The van der Waals surface area contributed by atoms with Gasteiger partial charge in [0, 0.05) is 5.92 Å². The molecule has 0 spiro atoms. The highest BCUT2D eigenvalue weighted by Gasteiger charge is 2.31. The summed E-state index contributed by atoms with van der Waals surface area (Å²) in [5.74, 6) is -0.0344. The van der Waals surface area contributed by atoms with Gasteiger partial charge in [0.1, 0.15) is 11.6 Å². The summed E-state index contributed by atoms with van der Waals surface area (Å²) in [5, 5.41) is 2.18. The molecule has 1 aliphatic rings. The maximum absolute atomic E-state index is 14.1. The first-order valence-corrected chi connectivity index (χ1v) is 9.12. The smallest absolute Gasteiger partial charge is 0.142 e. The van der Waals surface area contributed by atoms with Crippen LogP contribution in [-0.2, 0) is 6.42 Å². The Kier molecular flexibility index (Phi) is 4.24. The average molecular weight is 357 g/mol. The highest BCUT2D eigenvalue weighted by Crippen LogP contribution is 2.45. The lowest BCUT2D eigenvalue weighted by Gasteiger charge is -2.34. The Morgan fingerprint density at radius 3 is 2.60 bits per heavy atom. The highest BCUT2D eigenvalue weighted by atomic mass is 35.5. The monoisotopic (exact) mass is 356 g/mol. The molecule has 4 rings (SSSR count). The van der Waals surface area contributed by atoms with Crippen molar-refractivity contribution in [2.24, 2.45) is 5.92 Å². The molecule has 0 aliphatic heterocycles. The van der Waals surface area contributed by atoms with Gasteiger partial charge in [0.05, 0.1) is 5.02 Å². The number of aryl methyl sites for hydroxylation is 1. The van der Waals surface area contributed by atoms with Crippen LogP contribution in [0.4, 0.5) is 8.78 Å². The van der Waals surface area contributed by atoms with Gasteiger partial charge in [-0.1, -0.05) is 49.2 Å². The van der Waals surface area contributed by atoms with Gasteiger partial charge in [0.2, 0.25) is 0 Å². The van der Waals surface area contributed by atoms with Crippen molar-refractivity contribution in [3.05, 3.63) is 81.9 Å². The van der Waals surface area contributed by atoms with Gasteiger partial charge < -0.3 is 0 Å². The van der Waals surface area contributed by atoms with Crippen molar-refractivity contribution >= 4 is 22.4 Å². The van der Waals surface area contributed by atoms with Crippen LogP contribution in [0, 0.1) is 17.6 Å². The molecule has 0 fully saturated rings. The normalized spacial score (nSPS) is 19.8. The Balaban J connectivity index is 1.93. The van der Waals surface area contributed by atoms with Crippen molar-refractivity contribution in [1.82, 2.24) is 0 Å². The van der Waals surface area contributed by atoms with Crippen molar-refractivity contribution in [3.8, 4) is 0 Å². The molecule has 0 N–H and O–H groups in total. The SMILES string of the molecule is CC[C@@H]1CCc2c(ccc3ccc(F)cc23)[C@H]1c1ccc(Cl)c(F)c1. The molecule has 0 bridgehead atoms.